The quantitative estimate of drug-likeness (QED) is 0.498. The van der Waals surface area contributed by atoms with E-state index >= 15 is 0 Å². The molecule has 3 aromatic rings. The average Bonchev–Trinajstić information content (AvgIpc) is 3.09. The zero-order chi connectivity index (χ0) is 20.6. The van der Waals surface area contributed by atoms with Gasteiger partial charge in [-0.25, -0.2) is 4.98 Å². The highest BCUT2D eigenvalue weighted by molar-refractivity contribution is 5.80. The maximum absolute atomic E-state index is 11.5. The number of hydrogen-bond acceptors (Lipinski definition) is 2. The minimum Gasteiger partial charge on any atom is -0.299 e. The molecule has 146 valence electrons. The molecule has 0 N–H and O–H groups in total. The summed E-state index contributed by atoms with van der Waals surface area (Å²) < 4.78 is 2.16. The van der Waals surface area contributed by atoms with Gasteiger partial charge in [0.15, 0.2) is 0 Å². The van der Waals surface area contributed by atoms with Gasteiger partial charge < -0.3 is 0 Å². The van der Waals surface area contributed by atoms with Crippen molar-refractivity contribution in [3.05, 3.63) is 70.5 Å². The van der Waals surface area contributed by atoms with Gasteiger partial charge >= 0.3 is 0 Å². The van der Waals surface area contributed by atoms with Gasteiger partial charge in [-0.2, -0.15) is 0 Å². The summed E-state index contributed by atoms with van der Waals surface area (Å²) in [6, 6.07) is 10.4. The highest BCUT2D eigenvalue weighted by Gasteiger charge is 2.29. The van der Waals surface area contributed by atoms with Gasteiger partial charge in [0.1, 0.15) is 12.1 Å². The van der Waals surface area contributed by atoms with Crippen LogP contribution in [-0.2, 0) is 5.41 Å². The summed E-state index contributed by atoms with van der Waals surface area (Å²) in [5.41, 5.74) is 7.69. The molecule has 0 saturated carbocycles. The number of carbonyl (C=O) groups excluding carboxylic acids is 1. The Kier molecular flexibility index (Phi) is 5.29. The summed E-state index contributed by atoms with van der Waals surface area (Å²) in [4.78, 5) is 16.2. The van der Waals surface area contributed by atoms with E-state index < -0.39 is 0 Å². The number of aromatic nitrogens is 2. The molecule has 0 amide bonds. The highest BCUT2D eigenvalue weighted by atomic mass is 16.1. The fraction of sp³-hybridized carbons (Fsp3) is 0.360. The first-order valence-electron chi connectivity index (χ1n) is 9.88. The predicted octanol–water partition coefficient (Wildman–Crippen LogP) is 6.21. The SMILES string of the molecule is Cc1cc(C)c(-n2ccnc2-c2cc(C=O)ccc2C(C)(C)C(C)C)c(C)c1. The molecule has 1 heterocycles. The van der Waals surface area contributed by atoms with Crippen molar-refractivity contribution in [2.45, 2.75) is 53.9 Å². The average molecular weight is 375 g/mol. The number of benzene rings is 2. The van der Waals surface area contributed by atoms with Crippen LogP contribution in [0.3, 0.4) is 0 Å². The maximum atomic E-state index is 11.5. The van der Waals surface area contributed by atoms with Gasteiger partial charge in [0.05, 0.1) is 5.69 Å². The third kappa shape index (κ3) is 3.42. The normalized spacial score (nSPS) is 11.9. The van der Waals surface area contributed by atoms with Crippen LogP contribution in [0.4, 0.5) is 0 Å². The van der Waals surface area contributed by atoms with Crippen molar-refractivity contribution in [1.82, 2.24) is 9.55 Å². The summed E-state index contributed by atoms with van der Waals surface area (Å²) in [5, 5.41) is 0. The molecule has 0 unspecified atom stereocenters. The Labute approximate surface area is 168 Å². The molecule has 0 saturated heterocycles. The van der Waals surface area contributed by atoms with Gasteiger partial charge in [0.2, 0.25) is 0 Å². The molecular weight excluding hydrogens is 344 g/mol. The minimum absolute atomic E-state index is 0.0507. The highest BCUT2D eigenvalue weighted by Crippen LogP contribution is 2.39. The topological polar surface area (TPSA) is 34.9 Å². The van der Waals surface area contributed by atoms with Crippen molar-refractivity contribution in [3.63, 3.8) is 0 Å². The number of aryl methyl sites for hydroxylation is 3. The van der Waals surface area contributed by atoms with Crippen molar-refractivity contribution < 1.29 is 4.79 Å². The fourth-order valence-corrected chi connectivity index (χ4v) is 3.93. The van der Waals surface area contributed by atoms with Gasteiger partial charge in [-0.3, -0.25) is 9.36 Å². The number of aldehydes is 1. The summed E-state index contributed by atoms with van der Waals surface area (Å²) in [7, 11) is 0. The number of imidazole rings is 1. The minimum atomic E-state index is -0.0507. The van der Waals surface area contributed by atoms with E-state index in [4.69, 9.17) is 4.98 Å². The van der Waals surface area contributed by atoms with E-state index in [1.54, 1.807) is 0 Å². The number of hydrogen-bond donors (Lipinski definition) is 0. The summed E-state index contributed by atoms with van der Waals surface area (Å²) in [6.07, 6.45) is 4.76. The Morgan fingerprint density at radius 2 is 1.68 bits per heavy atom. The Morgan fingerprint density at radius 1 is 1.04 bits per heavy atom. The molecule has 28 heavy (non-hydrogen) atoms. The van der Waals surface area contributed by atoms with E-state index in [2.05, 4.69) is 71.2 Å². The largest absolute Gasteiger partial charge is 0.299 e. The molecular formula is C25H30N2O. The molecule has 2 aromatic carbocycles. The Morgan fingerprint density at radius 3 is 2.25 bits per heavy atom. The molecule has 0 aliphatic carbocycles. The molecule has 0 aliphatic rings. The van der Waals surface area contributed by atoms with Crippen LogP contribution < -0.4 is 0 Å². The van der Waals surface area contributed by atoms with Crippen LogP contribution >= 0.6 is 0 Å². The maximum Gasteiger partial charge on any atom is 0.150 e. The lowest BCUT2D eigenvalue weighted by Crippen LogP contribution is -2.25. The second-order valence-electron chi connectivity index (χ2n) is 8.67. The van der Waals surface area contributed by atoms with E-state index in [1.807, 2.05) is 24.5 Å². The molecule has 3 nitrogen and oxygen atoms in total. The van der Waals surface area contributed by atoms with E-state index in [9.17, 15) is 4.79 Å². The van der Waals surface area contributed by atoms with Crippen LogP contribution in [0.15, 0.2) is 42.7 Å². The zero-order valence-electron chi connectivity index (χ0n) is 18.0. The third-order valence-electron chi connectivity index (χ3n) is 6.08. The van der Waals surface area contributed by atoms with Gasteiger partial charge in [-0.15, -0.1) is 0 Å². The van der Waals surface area contributed by atoms with Gasteiger partial charge in [0, 0.05) is 23.5 Å². The number of nitrogens with zero attached hydrogens (tertiary/aromatic N) is 2. The van der Waals surface area contributed by atoms with E-state index in [1.165, 1.54) is 22.3 Å². The first kappa shape index (κ1) is 20.1. The lowest BCUT2D eigenvalue weighted by atomic mass is 9.73. The van der Waals surface area contributed by atoms with Crippen LogP contribution in [0.25, 0.3) is 17.1 Å². The van der Waals surface area contributed by atoms with Gasteiger partial charge in [-0.05, 0) is 54.9 Å². The standard InChI is InChI=1S/C25H30N2O/c1-16(2)25(6,7)22-9-8-20(15-28)14-21(22)24-26-10-11-27(24)23-18(4)12-17(3)13-19(23)5/h8-16H,1-7H3. The van der Waals surface area contributed by atoms with Crippen LogP contribution in [0.2, 0.25) is 0 Å². The molecule has 3 rings (SSSR count). The number of rotatable bonds is 5. The monoisotopic (exact) mass is 374 g/mol. The smallest absolute Gasteiger partial charge is 0.150 e. The van der Waals surface area contributed by atoms with E-state index in [0.29, 0.717) is 11.5 Å². The summed E-state index contributed by atoms with van der Waals surface area (Å²) in [6.45, 7) is 15.4. The second-order valence-corrected chi connectivity index (χ2v) is 8.67. The van der Waals surface area contributed by atoms with Crippen LogP contribution in [0, 0.1) is 26.7 Å². The van der Waals surface area contributed by atoms with Crippen molar-refractivity contribution in [2.75, 3.05) is 0 Å². The first-order valence-corrected chi connectivity index (χ1v) is 9.88. The van der Waals surface area contributed by atoms with E-state index in [0.717, 1.165) is 23.4 Å². The molecule has 0 atom stereocenters. The van der Waals surface area contributed by atoms with Crippen molar-refractivity contribution in [1.29, 1.82) is 0 Å². The van der Waals surface area contributed by atoms with Crippen molar-refractivity contribution in [2.24, 2.45) is 5.92 Å². The van der Waals surface area contributed by atoms with Crippen molar-refractivity contribution in [3.8, 4) is 17.1 Å². The summed E-state index contributed by atoms with van der Waals surface area (Å²) >= 11 is 0. The molecule has 0 aliphatic heterocycles. The van der Waals surface area contributed by atoms with Crippen LogP contribution in [-0.4, -0.2) is 15.8 Å². The Bertz CT molecular complexity index is 1000. The summed E-state index contributed by atoms with van der Waals surface area (Å²) in [5.74, 6) is 1.32. The Hall–Kier alpha value is -2.68. The molecule has 0 fully saturated rings. The zero-order valence-corrected chi connectivity index (χ0v) is 18.0. The van der Waals surface area contributed by atoms with E-state index in [-0.39, 0.29) is 5.41 Å². The third-order valence-corrected chi connectivity index (χ3v) is 6.08. The first-order chi connectivity index (χ1) is 13.2. The molecule has 1 aromatic heterocycles. The molecule has 0 spiro atoms. The van der Waals surface area contributed by atoms with Gasteiger partial charge in [-0.1, -0.05) is 57.5 Å². The van der Waals surface area contributed by atoms with Crippen LogP contribution in [0.5, 0.6) is 0 Å². The fourth-order valence-electron chi connectivity index (χ4n) is 3.93. The lowest BCUT2D eigenvalue weighted by molar-refractivity contribution is 0.112. The van der Waals surface area contributed by atoms with Crippen LogP contribution in [0.1, 0.15) is 60.3 Å². The second kappa shape index (κ2) is 7.38. The molecule has 3 heteroatoms. The molecule has 0 bridgehead atoms. The van der Waals surface area contributed by atoms with Gasteiger partial charge in [0.25, 0.3) is 0 Å². The van der Waals surface area contributed by atoms with Crippen molar-refractivity contribution >= 4 is 6.29 Å². The molecule has 0 radical (unpaired) electrons. The Balaban J connectivity index is 2.31. The predicted molar refractivity (Wildman–Crippen MR) is 116 cm³/mol. The number of carbonyl (C=O) groups is 1. The lowest BCUT2D eigenvalue weighted by Gasteiger charge is -2.32.